The van der Waals surface area contributed by atoms with Crippen molar-refractivity contribution in [3.05, 3.63) is 112 Å². The number of azide groups is 1. The van der Waals surface area contributed by atoms with Crippen LogP contribution in [0, 0.1) is 0 Å². The lowest BCUT2D eigenvalue weighted by atomic mass is 9.91. The Morgan fingerprint density at radius 1 is 1.04 bits per heavy atom. The lowest BCUT2D eigenvalue weighted by Crippen LogP contribution is -2.46. The van der Waals surface area contributed by atoms with E-state index in [1.165, 1.54) is 5.56 Å². The number of para-hydroxylation sites is 1. The van der Waals surface area contributed by atoms with Crippen molar-refractivity contribution in [3.63, 3.8) is 0 Å². The maximum atomic E-state index is 8.48. The molecule has 5 heteroatoms. The van der Waals surface area contributed by atoms with Gasteiger partial charge in [0.25, 0.3) is 0 Å². The molecule has 28 heavy (non-hydrogen) atoms. The average molecular weight is 367 g/mol. The first-order valence-corrected chi connectivity index (χ1v) is 9.40. The molecule has 2 aromatic rings. The fourth-order valence-corrected chi connectivity index (χ4v) is 3.46. The van der Waals surface area contributed by atoms with E-state index in [2.05, 4.69) is 81.7 Å². The number of anilines is 1. The Kier molecular flexibility index (Phi) is 5.36. The average Bonchev–Trinajstić information content (AvgIpc) is 2.99. The SMILES string of the molecule is [N-]=[N+]=NCc1ccc(C2C/C(=N\C3=CC=CCC=C3)N2c2ccccc2)cc1. The van der Waals surface area contributed by atoms with Crippen molar-refractivity contribution < 1.29 is 0 Å². The van der Waals surface area contributed by atoms with Gasteiger partial charge in [-0.1, -0.05) is 65.8 Å². The molecule has 0 aromatic heterocycles. The summed E-state index contributed by atoms with van der Waals surface area (Å²) in [5.74, 6) is 1.07. The molecule has 2 aromatic carbocycles. The number of benzene rings is 2. The van der Waals surface area contributed by atoms with E-state index in [1.807, 2.05) is 18.2 Å². The number of rotatable bonds is 5. The lowest BCUT2D eigenvalue weighted by Gasteiger charge is -2.44. The molecule has 0 spiro atoms. The van der Waals surface area contributed by atoms with Crippen LogP contribution < -0.4 is 4.90 Å². The molecule has 1 fully saturated rings. The van der Waals surface area contributed by atoms with Gasteiger partial charge in [0.2, 0.25) is 0 Å². The molecule has 0 N–H and O–H groups in total. The van der Waals surface area contributed by atoms with Gasteiger partial charge in [-0.25, -0.2) is 4.99 Å². The molecule has 5 nitrogen and oxygen atoms in total. The first-order valence-electron chi connectivity index (χ1n) is 9.40. The summed E-state index contributed by atoms with van der Waals surface area (Å²) in [6.45, 7) is 0.380. The van der Waals surface area contributed by atoms with Crippen molar-refractivity contribution in [1.82, 2.24) is 0 Å². The molecule has 2 aliphatic rings. The van der Waals surface area contributed by atoms with E-state index in [0.29, 0.717) is 6.54 Å². The van der Waals surface area contributed by atoms with Crippen LogP contribution in [0.4, 0.5) is 5.69 Å². The Labute approximate surface area is 164 Å². The molecule has 1 heterocycles. The first kappa shape index (κ1) is 17.8. The van der Waals surface area contributed by atoms with Crippen molar-refractivity contribution in [3.8, 4) is 0 Å². The predicted octanol–water partition coefficient (Wildman–Crippen LogP) is 6.25. The van der Waals surface area contributed by atoms with Gasteiger partial charge in [-0.3, -0.25) is 0 Å². The minimum Gasteiger partial charge on any atom is -0.322 e. The Morgan fingerprint density at radius 3 is 2.64 bits per heavy atom. The molecule has 1 saturated heterocycles. The van der Waals surface area contributed by atoms with Crippen LogP contribution in [0.3, 0.4) is 0 Å². The van der Waals surface area contributed by atoms with Crippen LogP contribution >= 0.6 is 0 Å². The normalized spacial score (nSPS) is 19.6. The molecule has 1 aliphatic heterocycles. The summed E-state index contributed by atoms with van der Waals surface area (Å²) in [7, 11) is 0. The van der Waals surface area contributed by atoms with Gasteiger partial charge in [-0.2, -0.15) is 0 Å². The highest BCUT2D eigenvalue weighted by Crippen LogP contribution is 2.40. The van der Waals surface area contributed by atoms with Crippen LogP contribution in [0.2, 0.25) is 0 Å². The Balaban J connectivity index is 1.62. The van der Waals surface area contributed by atoms with E-state index >= 15 is 0 Å². The highest BCUT2D eigenvalue weighted by atomic mass is 15.3. The number of aliphatic imine (C=N–C) groups is 1. The summed E-state index contributed by atoms with van der Waals surface area (Å²) < 4.78 is 0. The van der Waals surface area contributed by atoms with E-state index in [4.69, 9.17) is 10.5 Å². The summed E-state index contributed by atoms with van der Waals surface area (Å²) in [6.07, 6.45) is 12.3. The first-order chi connectivity index (χ1) is 13.8. The number of hydrogen-bond acceptors (Lipinski definition) is 2. The number of hydrogen-bond donors (Lipinski definition) is 0. The zero-order valence-electron chi connectivity index (χ0n) is 15.5. The highest BCUT2D eigenvalue weighted by molar-refractivity contribution is 6.05. The second-order valence-electron chi connectivity index (χ2n) is 6.74. The topological polar surface area (TPSA) is 64.4 Å². The van der Waals surface area contributed by atoms with Crippen molar-refractivity contribution in [2.75, 3.05) is 4.90 Å². The smallest absolute Gasteiger partial charge is 0.112 e. The fraction of sp³-hybridized carbons (Fsp3) is 0.174. The molecule has 4 rings (SSSR count). The van der Waals surface area contributed by atoms with Crippen LogP contribution in [-0.2, 0) is 6.54 Å². The van der Waals surface area contributed by atoms with E-state index in [0.717, 1.165) is 35.6 Å². The quantitative estimate of drug-likeness (QED) is 0.350. The summed E-state index contributed by atoms with van der Waals surface area (Å²) in [4.78, 5) is 10.0. The van der Waals surface area contributed by atoms with Gasteiger partial charge in [-0.05, 0) is 47.4 Å². The highest BCUT2D eigenvalue weighted by Gasteiger charge is 2.36. The maximum absolute atomic E-state index is 8.48. The number of amidine groups is 1. The molecule has 1 aliphatic carbocycles. The van der Waals surface area contributed by atoms with Gasteiger partial charge in [0.05, 0.1) is 18.3 Å². The Morgan fingerprint density at radius 2 is 1.86 bits per heavy atom. The molecule has 1 atom stereocenters. The minimum absolute atomic E-state index is 0.251. The van der Waals surface area contributed by atoms with Crippen molar-refractivity contribution >= 4 is 11.5 Å². The fourth-order valence-electron chi connectivity index (χ4n) is 3.46. The van der Waals surface area contributed by atoms with E-state index in [-0.39, 0.29) is 6.04 Å². The third-order valence-electron chi connectivity index (χ3n) is 4.90. The van der Waals surface area contributed by atoms with Crippen LogP contribution in [-0.4, -0.2) is 5.84 Å². The molecule has 0 saturated carbocycles. The molecule has 0 bridgehead atoms. The molecule has 138 valence electrons. The van der Waals surface area contributed by atoms with Gasteiger partial charge in [0, 0.05) is 17.0 Å². The molecular weight excluding hydrogens is 346 g/mol. The summed E-state index contributed by atoms with van der Waals surface area (Å²) in [5, 5.41) is 3.63. The monoisotopic (exact) mass is 367 g/mol. The molecule has 1 unspecified atom stereocenters. The standard InChI is InChI=1S/C23H21N5/c24-27-25-17-18-12-14-19(15-13-18)22-16-23(26-20-8-4-1-2-5-9-20)28(22)21-10-6-3-7-11-21/h1,3-15,22H,2,16-17H2/b26-23+. The van der Waals surface area contributed by atoms with Crippen LogP contribution in [0.5, 0.6) is 0 Å². The summed E-state index contributed by atoms with van der Waals surface area (Å²) in [6, 6.07) is 18.9. The third-order valence-corrected chi connectivity index (χ3v) is 4.90. The van der Waals surface area contributed by atoms with Crippen LogP contribution in [0.1, 0.15) is 30.0 Å². The third kappa shape index (κ3) is 3.90. The Hall–Kier alpha value is -3.56. The van der Waals surface area contributed by atoms with Gasteiger partial charge in [0.15, 0.2) is 0 Å². The second-order valence-corrected chi connectivity index (χ2v) is 6.74. The van der Waals surface area contributed by atoms with E-state index in [9.17, 15) is 0 Å². The zero-order valence-corrected chi connectivity index (χ0v) is 15.5. The van der Waals surface area contributed by atoms with Crippen molar-refractivity contribution in [2.45, 2.75) is 25.4 Å². The molecular formula is C23H21N5. The minimum atomic E-state index is 0.251. The van der Waals surface area contributed by atoms with Gasteiger partial charge >= 0.3 is 0 Å². The van der Waals surface area contributed by atoms with Crippen molar-refractivity contribution in [2.24, 2.45) is 10.1 Å². The van der Waals surface area contributed by atoms with E-state index < -0.39 is 0 Å². The van der Waals surface area contributed by atoms with E-state index in [1.54, 1.807) is 0 Å². The zero-order chi connectivity index (χ0) is 19.2. The second kappa shape index (κ2) is 8.42. The van der Waals surface area contributed by atoms with Gasteiger partial charge in [0.1, 0.15) is 5.84 Å². The number of allylic oxidation sites excluding steroid dienone is 5. The predicted molar refractivity (Wildman–Crippen MR) is 114 cm³/mol. The lowest BCUT2D eigenvalue weighted by molar-refractivity contribution is 0.650. The van der Waals surface area contributed by atoms with Gasteiger partial charge < -0.3 is 4.90 Å². The molecule has 0 amide bonds. The summed E-state index contributed by atoms with van der Waals surface area (Å²) in [5.41, 5.74) is 12.9. The summed E-state index contributed by atoms with van der Waals surface area (Å²) >= 11 is 0. The van der Waals surface area contributed by atoms with Gasteiger partial charge in [-0.15, -0.1) is 0 Å². The maximum Gasteiger partial charge on any atom is 0.112 e. The molecule has 0 radical (unpaired) electrons. The Bertz CT molecular complexity index is 993. The van der Waals surface area contributed by atoms with Crippen LogP contribution in [0.25, 0.3) is 10.4 Å². The van der Waals surface area contributed by atoms with Crippen molar-refractivity contribution in [1.29, 1.82) is 0 Å². The largest absolute Gasteiger partial charge is 0.322 e. The van der Waals surface area contributed by atoms with Crippen LogP contribution in [0.15, 0.2) is 101 Å². The number of nitrogens with zero attached hydrogens (tertiary/aromatic N) is 5.